The topological polar surface area (TPSA) is 143 Å². The molecule has 0 aromatic carbocycles. The van der Waals surface area contributed by atoms with Gasteiger partial charge in [-0.3, -0.25) is 14.3 Å². The smallest absolute Gasteiger partial charge is 0.335 e. The fraction of sp³-hybridized carbons (Fsp3) is 0.810. The number of aromatic amines is 1. The van der Waals surface area contributed by atoms with Gasteiger partial charge in [0, 0.05) is 12.3 Å². The lowest BCUT2D eigenvalue weighted by atomic mass is 10.1. The average molecular weight is 505 g/mol. The molecule has 2 heterocycles. The molecule has 1 aromatic heterocycles. The summed E-state index contributed by atoms with van der Waals surface area (Å²) in [6, 6.07) is 1.15. The van der Waals surface area contributed by atoms with Crippen molar-refractivity contribution in [2.75, 3.05) is 6.61 Å². The van der Waals surface area contributed by atoms with Gasteiger partial charge in [0.15, 0.2) is 6.23 Å². The fourth-order valence-electron chi connectivity index (χ4n) is 4.44. The van der Waals surface area contributed by atoms with Crippen LogP contribution >= 0.6 is 0 Å². The van der Waals surface area contributed by atoms with Crippen molar-refractivity contribution in [2.45, 2.75) is 102 Å². The van der Waals surface area contributed by atoms with Crippen LogP contribution in [0.1, 0.15) is 61.6 Å². The van der Waals surface area contributed by atoms with E-state index in [0.717, 1.165) is 10.6 Å². The first kappa shape index (κ1) is 28.1. The van der Waals surface area contributed by atoms with Crippen molar-refractivity contribution in [2.24, 2.45) is 0 Å². The number of nitrogens with zero attached hydrogens (tertiary/aromatic N) is 1. The molecule has 0 bridgehead atoms. The van der Waals surface area contributed by atoms with E-state index in [1.54, 1.807) is 0 Å². The molecule has 2 rings (SSSR count). The molecule has 1 aromatic rings. The monoisotopic (exact) mass is 504 g/mol. The van der Waals surface area contributed by atoms with Gasteiger partial charge in [-0.05, 0) is 22.2 Å². The Bertz CT molecular complexity index is 885. The normalized spacial score (nSPS) is 24.6. The Kier molecular flexibility index (Phi) is 9.07. The lowest BCUT2D eigenvalue weighted by Gasteiger charge is -2.47. The molecule has 1 aliphatic rings. The summed E-state index contributed by atoms with van der Waals surface area (Å²) in [7, 11) is -6.44. The van der Waals surface area contributed by atoms with E-state index in [0.29, 0.717) is 0 Å². The minimum absolute atomic E-state index is 0.0867. The highest BCUT2D eigenvalue weighted by atomic mass is 28.5. The van der Waals surface area contributed by atoms with Crippen molar-refractivity contribution < 1.29 is 28.3 Å². The van der Waals surface area contributed by atoms with Gasteiger partial charge in [-0.25, -0.2) is 4.79 Å². The quantitative estimate of drug-likeness (QED) is 0.353. The number of hydrogen-bond acceptors (Lipinski definition) is 8. The van der Waals surface area contributed by atoms with Crippen LogP contribution in [0.4, 0.5) is 0 Å². The van der Waals surface area contributed by atoms with Crippen LogP contribution in [0.2, 0.25) is 22.2 Å². The van der Waals surface area contributed by atoms with Gasteiger partial charge in [0.25, 0.3) is 5.56 Å². The van der Waals surface area contributed by atoms with Crippen LogP contribution in [0.5, 0.6) is 0 Å². The first-order chi connectivity index (χ1) is 15.2. The van der Waals surface area contributed by atoms with Gasteiger partial charge in [0.1, 0.15) is 18.3 Å². The van der Waals surface area contributed by atoms with E-state index in [2.05, 4.69) is 4.98 Å². The molecule has 190 valence electrons. The molecular weight excluding hydrogens is 464 g/mol. The second-order valence-corrected chi connectivity index (χ2v) is 18.6. The number of aliphatic hydroxyl groups is 2. The zero-order valence-electron chi connectivity index (χ0n) is 20.8. The molecule has 12 heteroatoms. The highest BCUT2D eigenvalue weighted by molar-refractivity contribution is 6.83. The number of hydrogen-bond donors (Lipinski definition) is 4. The summed E-state index contributed by atoms with van der Waals surface area (Å²) < 4.78 is 20.2. The molecule has 0 unspecified atom stereocenters. The third-order valence-electron chi connectivity index (χ3n) is 6.52. The summed E-state index contributed by atoms with van der Waals surface area (Å²) in [6.45, 7) is 15.2. The minimum atomic E-state index is -3.23. The number of aromatic nitrogens is 2. The summed E-state index contributed by atoms with van der Waals surface area (Å²) >= 11 is 0. The van der Waals surface area contributed by atoms with Crippen LogP contribution in [0.25, 0.3) is 0 Å². The van der Waals surface area contributed by atoms with Gasteiger partial charge in [-0.2, -0.15) is 0 Å². The molecule has 0 radical (unpaired) electrons. The second kappa shape index (κ2) is 10.6. The summed E-state index contributed by atoms with van der Waals surface area (Å²) in [5.74, 6) is 0. The largest absolute Gasteiger partial charge is 0.414 e. The van der Waals surface area contributed by atoms with Crippen LogP contribution in [-0.2, 0) is 13.3 Å². The van der Waals surface area contributed by atoms with Gasteiger partial charge in [0.2, 0.25) is 0 Å². The molecular formula is C21H40N2O8Si2. The maximum absolute atomic E-state index is 12.3. The predicted octanol–water partition coefficient (Wildman–Crippen LogP) is 1.71. The summed E-state index contributed by atoms with van der Waals surface area (Å²) in [5, 5.41) is 21.1. The first-order valence-corrected chi connectivity index (χ1v) is 15.6. The Morgan fingerprint density at radius 1 is 1.06 bits per heavy atom. The SMILES string of the molecule is CC(C)[Si](O)(O[Si](O[C@H]1[C@@H](O)[C@H](n2ccc(=O)[nH]c2=O)O[C@@H]1CO)(C(C)C)C(C)C)C(C)C. The van der Waals surface area contributed by atoms with E-state index in [1.165, 1.54) is 6.20 Å². The third-order valence-corrected chi connectivity index (χ3v) is 16.3. The van der Waals surface area contributed by atoms with Crippen molar-refractivity contribution in [1.29, 1.82) is 0 Å². The van der Waals surface area contributed by atoms with Crippen LogP contribution in [0.15, 0.2) is 21.9 Å². The Morgan fingerprint density at radius 2 is 1.61 bits per heavy atom. The number of rotatable bonds is 10. The molecule has 4 atom stereocenters. The van der Waals surface area contributed by atoms with Gasteiger partial charge in [-0.1, -0.05) is 55.4 Å². The highest BCUT2D eigenvalue weighted by Gasteiger charge is 2.58. The number of ether oxygens (including phenoxy) is 1. The third kappa shape index (κ3) is 5.43. The molecule has 0 spiro atoms. The van der Waals surface area contributed by atoms with Crippen molar-refractivity contribution in [3.63, 3.8) is 0 Å². The number of H-pyrrole nitrogens is 1. The molecule has 0 amide bonds. The van der Waals surface area contributed by atoms with E-state index in [9.17, 15) is 24.6 Å². The number of aliphatic hydroxyl groups excluding tert-OH is 2. The Labute approximate surface area is 197 Å². The van der Waals surface area contributed by atoms with E-state index in [4.69, 9.17) is 13.3 Å². The Morgan fingerprint density at radius 3 is 2.03 bits per heavy atom. The molecule has 1 fully saturated rings. The zero-order valence-corrected chi connectivity index (χ0v) is 22.8. The Hall–Kier alpha value is -1.13. The fourth-order valence-corrected chi connectivity index (χ4v) is 14.4. The summed E-state index contributed by atoms with van der Waals surface area (Å²) in [4.78, 5) is 37.5. The molecule has 4 N–H and O–H groups in total. The van der Waals surface area contributed by atoms with Crippen LogP contribution in [0, 0.1) is 0 Å². The van der Waals surface area contributed by atoms with Crippen LogP contribution < -0.4 is 11.2 Å². The maximum atomic E-state index is 12.3. The van der Waals surface area contributed by atoms with Crippen molar-refractivity contribution in [3.8, 4) is 0 Å². The predicted molar refractivity (Wildman–Crippen MR) is 128 cm³/mol. The van der Waals surface area contributed by atoms with Gasteiger partial charge in [0.05, 0.1) is 6.61 Å². The molecule has 1 aliphatic heterocycles. The van der Waals surface area contributed by atoms with Gasteiger partial charge in [-0.15, -0.1) is 0 Å². The lowest BCUT2D eigenvalue weighted by Crippen LogP contribution is -2.62. The molecule has 0 aliphatic carbocycles. The van der Waals surface area contributed by atoms with E-state index >= 15 is 0 Å². The van der Waals surface area contributed by atoms with Crippen molar-refractivity contribution in [1.82, 2.24) is 9.55 Å². The van der Waals surface area contributed by atoms with Gasteiger partial charge >= 0.3 is 22.8 Å². The van der Waals surface area contributed by atoms with Gasteiger partial charge < -0.3 is 28.3 Å². The maximum Gasteiger partial charge on any atom is 0.335 e. The van der Waals surface area contributed by atoms with E-state index in [1.807, 2.05) is 55.4 Å². The summed E-state index contributed by atoms with van der Waals surface area (Å²) in [5.41, 5.74) is -1.66. The Balaban J connectivity index is 2.50. The van der Waals surface area contributed by atoms with Crippen LogP contribution in [0.3, 0.4) is 0 Å². The van der Waals surface area contributed by atoms with Crippen molar-refractivity contribution in [3.05, 3.63) is 33.1 Å². The highest BCUT2D eigenvalue weighted by Crippen LogP contribution is 2.45. The molecule has 10 nitrogen and oxygen atoms in total. The number of nitrogens with one attached hydrogen (secondary N) is 1. The average Bonchev–Trinajstić information content (AvgIpc) is 3.01. The summed E-state index contributed by atoms with van der Waals surface area (Å²) in [6.07, 6.45) is -3.15. The molecule has 0 saturated carbocycles. The first-order valence-electron chi connectivity index (χ1n) is 11.6. The zero-order chi connectivity index (χ0) is 25.3. The van der Waals surface area contributed by atoms with Crippen LogP contribution in [-0.4, -0.2) is 66.6 Å². The lowest BCUT2D eigenvalue weighted by molar-refractivity contribution is -0.0551. The van der Waals surface area contributed by atoms with Crippen molar-refractivity contribution >= 4 is 17.1 Å². The van der Waals surface area contributed by atoms with E-state index in [-0.39, 0.29) is 22.2 Å². The van der Waals surface area contributed by atoms with E-state index < -0.39 is 59.5 Å². The minimum Gasteiger partial charge on any atom is -0.414 e. The second-order valence-electron chi connectivity index (χ2n) is 10.0. The standard InChI is InChI=1S/C21H40N2O8Si2/c1-12(2)32(28,13(3)4)31-33(14(5)6,15(7)8)30-19-16(11-24)29-20(18(19)26)23-10-9-17(25)22-21(23)27/h9-10,12-16,18-20,24,26,28H,11H2,1-8H3,(H,22,25,27)/t16-,18-,19-,20-/m1/s1. The molecule has 33 heavy (non-hydrogen) atoms. The molecule has 1 saturated heterocycles.